The van der Waals surface area contributed by atoms with Crippen LogP contribution in [0.15, 0.2) is 42.5 Å². The number of nitrogens with zero attached hydrogens (tertiary/aromatic N) is 3. The second-order valence-electron chi connectivity index (χ2n) is 8.24. The van der Waals surface area contributed by atoms with E-state index in [9.17, 15) is 14.4 Å². The fraction of sp³-hybridized carbons (Fsp3) is 0.348. The number of hydrogen-bond donors (Lipinski definition) is 0. The van der Waals surface area contributed by atoms with Crippen LogP contribution in [0.4, 0.5) is 4.79 Å². The van der Waals surface area contributed by atoms with E-state index in [4.69, 9.17) is 0 Å². The van der Waals surface area contributed by atoms with Crippen molar-refractivity contribution >= 4 is 17.8 Å². The van der Waals surface area contributed by atoms with Crippen molar-refractivity contribution in [1.82, 2.24) is 14.7 Å². The van der Waals surface area contributed by atoms with E-state index in [-0.39, 0.29) is 24.4 Å². The lowest BCUT2D eigenvalue weighted by molar-refractivity contribution is -0.124. The normalized spacial score (nSPS) is 16.4. The van der Waals surface area contributed by atoms with Crippen molar-refractivity contribution in [3.05, 3.63) is 59.2 Å². The van der Waals surface area contributed by atoms with Crippen molar-refractivity contribution in [3.8, 4) is 11.1 Å². The maximum atomic E-state index is 12.5. The predicted octanol–water partition coefficient (Wildman–Crippen LogP) is 3.36. The van der Waals surface area contributed by atoms with Crippen LogP contribution in [0.1, 0.15) is 35.3 Å². The van der Waals surface area contributed by atoms with Crippen molar-refractivity contribution in [2.45, 2.75) is 26.9 Å². The van der Waals surface area contributed by atoms with Gasteiger partial charge in [0.1, 0.15) is 6.54 Å². The summed E-state index contributed by atoms with van der Waals surface area (Å²) in [5, 5.41) is 0. The highest BCUT2D eigenvalue weighted by molar-refractivity contribution is 6.01. The molecule has 1 saturated heterocycles. The van der Waals surface area contributed by atoms with Gasteiger partial charge in [0.25, 0.3) is 5.91 Å². The third kappa shape index (κ3) is 3.62. The SMILES string of the molecule is CC(C)CN1Cc2cc(-c3ccc(CN4CC(=O)N(C)C4=O)cc3)ccc2C1=O. The van der Waals surface area contributed by atoms with Crippen LogP contribution >= 0.6 is 0 Å². The first kappa shape index (κ1) is 19.2. The summed E-state index contributed by atoms with van der Waals surface area (Å²) < 4.78 is 0. The molecule has 2 aromatic carbocycles. The van der Waals surface area contributed by atoms with Crippen LogP contribution in [0.5, 0.6) is 0 Å². The van der Waals surface area contributed by atoms with Crippen LogP contribution in [0, 0.1) is 5.92 Å². The molecule has 6 nitrogen and oxygen atoms in total. The Labute approximate surface area is 170 Å². The summed E-state index contributed by atoms with van der Waals surface area (Å²) in [7, 11) is 1.51. The van der Waals surface area contributed by atoms with E-state index in [0.29, 0.717) is 19.0 Å². The zero-order valence-corrected chi connectivity index (χ0v) is 17.0. The first-order valence-electron chi connectivity index (χ1n) is 9.90. The topological polar surface area (TPSA) is 60.9 Å². The Morgan fingerprint density at radius 2 is 1.59 bits per heavy atom. The van der Waals surface area contributed by atoms with Gasteiger partial charge in [0.05, 0.1) is 0 Å². The fourth-order valence-electron chi connectivity index (χ4n) is 3.95. The third-order valence-electron chi connectivity index (χ3n) is 5.49. The van der Waals surface area contributed by atoms with E-state index in [0.717, 1.165) is 39.3 Å². The summed E-state index contributed by atoms with van der Waals surface area (Å²) in [6.45, 7) is 6.21. The van der Waals surface area contributed by atoms with Crippen LogP contribution in [-0.2, 0) is 17.9 Å². The summed E-state index contributed by atoms with van der Waals surface area (Å²) in [6.07, 6.45) is 0. The Balaban J connectivity index is 1.49. The van der Waals surface area contributed by atoms with Crippen molar-refractivity contribution in [1.29, 1.82) is 0 Å². The summed E-state index contributed by atoms with van der Waals surface area (Å²) >= 11 is 0. The Kier molecular flexibility index (Phi) is 4.86. The molecule has 6 heteroatoms. The molecule has 2 heterocycles. The second-order valence-corrected chi connectivity index (χ2v) is 8.24. The van der Waals surface area contributed by atoms with Gasteiger partial charge in [-0.1, -0.05) is 44.2 Å². The molecule has 0 aromatic heterocycles. The highest BCUT2D eigenvalue weighted by atomic mass is 16.2. The lowest BCUT2D eigenvalue weighted by atomic mass is 9.99. The Bertz CT molecular complexity index is 981. The predicted molar refractivity (Wildman–Crippen MR) is 110 cm³/mol. The number of rotatable bonds is 5. The van der Waals surface area contributed by atoms with Gasteiger partial charge in [-0.25, -0.2) is 4.79 Å². The molecule has 2 aliphatic heterocycles. The molecule has 0 N–H and O–H groups in total. The molecule has 0 aliphatic carbocycles. The molecule has 4 amide bonds. The van der Waals surface area contributed by atoms with E-state index < -0.39 is 0 Å². The number of urea groups is 1. The number of imide groups is 1. The van der Waals surface area contributed by atoms with Gasteiger partial charge in [0, 0.05) is 32.2 Å². The number of amides is 4. The first-order valence-corrected chi connectivity index (χ1v) is 9.90. The van der Waals surface area contributed by atoms with Gasteiger partial charge in [-0.15, -0.1) is 0 Å². The van der Waals surface area contributed by atoms with Crippen LogP contribution in [0.25, 0.3) is 11.1 Å². The molecule has 0 radical (unpaired) electrons. The third-order valence-corrected chi connectivity index (χ3v) is 5.49. The van der Waals surface area contributed by atoms with E-state index in [2.05, 4.69) is 19.9 Å². The summed E-state index contributed by atoms with van der Waals surface area (Å²) in [4.78, 5) is 40.8. The molecule has 2 aliphatic rings. The maximum Gasteiger partial charge on any atom is 0.327 e. The number of hydrogen-bond acceptors (Lipinski definition) is 3. The lowest BCUT2D eigenvalue weighted by Crippen LogP contribution is -2.29. The Hall–Kier alpha value is -3.15. The minimum Gasteiger partial charge on any atom is -0.334 e. The van der Waals surface area contributed by atoms with Gasteiger partial charge in [0.15, 0.2) is 0 Å². The van der Waals surface area contributed by atoms with Gasteiger partial charge in [0.2, 0.25) is 5.91 Å². The summed E-state index contributed by atoms with van der Waals surface area (Å²) in [5.41, 5.74) is 4.98. The molecule has 4 rings (SSSR count). The standard InChI is InChI=1S/C23H25N3O3/c1-15(2)11-25-13-19-10-18(8-9-20(19)22(25)28)17-6-4-16(5-7-17)12-26-14-21(27)24(3)23(26)29/h4-10,15H,11-14H2,1-3H3. The molecular weight excluding hydrogens is 366 g/mol. The minimum absolute atomic E-state index is 0.116. The molecule has 0 bridgehead atoms. The fourth-order valence-corrected chi connectivity index (χ4v) is 3.95. The second kappa shape index (κ2) is 7.35. The monoisotopic (exact) mass is 391 g/mol. The van der Waals surface area contributed by atoms with Crippen LogP contribution < -0.4 is 0 Å². The number of carbonyl (C=O) groups excluding carboxylic acids is 3. The highest BCUT2D eigenvalue weighted by Crippen LogP contribution is 2.29. The zero-order chi connectivity index (χ0) is 20.7. The number of fused-ring (bicyclic) bond motifs is 1. The number of likely N-dealkylation sites (N-methyl/N-ethyl adjacent to an activating group) is 1. The molecule has 150 valence electrons. The van der Waals surface area contributed by atoms with Crippen LogP contribution in [0.2, 0.25) is 0 Å². The van der Waals surface area contributed by atoms with Crippen LogP contribution in [0.3, 0.4) is 0 Å². The molecule has 0 saturated carbocycles. The number of benzene rings is 2. The molecule has 0 spiro atoms. The minimum atomic E-state index is -0.256. The van der Waals surface area contributed by atoms with Gasteiger partial charge >= 0.3 is 6.03 Å². The van der Waals surface area contributed by atoms with Crippen molar-refractivity contribution in [3.63, 3.8) is 0 Å². The molecule has 2 aromatic rings. The van der Waals surface area contributed by atoms with Gasteiger partial charge in [-0.05, 0) is 40.3 Å². The lowest BCUT2D eigenvalue weighted by Gasteiger charge is -2.17. The average molecular weight is 391 g/mol. The smallest absolute Gasteiger partial charge is 0.327 e. The summed E-state index contributed by atoms with van der Waals surface area (Å²) in [6, 6.07) is 13.8. The largest absolute Gasteiger partial charge is 0.334 e. The summed E-state index contributed by atoms with van der Waals surface area (Å²) in [5.74, 6) is 0.383. The zero-order valence-electron chi connectivity index (χ0n) is 17.0. The van der Waals surface area contributed by atoms with E-state index in [1.807, 2.05) is 41.3 Å². The van der Waals surface area contributed by atoms with E-state index in [1.54, 1.807) is 4.90 Å². The maximum absolute atomic E-state index is 12.5. The van der Waals surface area contributed by atoms with Gasteiger partial charge in [-0.3, -0.25) is 14.5 Å². The first-order chi connectivity index (χ1) is 13.8. The van der Waals surface area contributed by atoms with Crippen molar-refractivity contribution in [2.24, 2.45) is 5.92 Å². The van der Waals surface area contributed by atoms with E-state index >= 15 is 0 Å². The quantitative estimate of drug-likeness (QED) is 0.735. The molecule has 0 atom stereocenters. The van der Waals surface area contributed by atoms with Crippen molar-refractivity contribution in [2.75, 3.05) is 20.1 Å². The van der Waals surface area contributed by atoms with Gasteiger partial charge < -0.3 is 9.80 Å². The molecule has 0 unspecified atom stereocenters. The molecular formula is C23H25N3O3. The number of carbonyl (C=O) groups is 3. The highest BCUT2D eigenvalue weighted by Gasteiger charge is 2.32. The molecule has 1 fully saturated rings. The van der Waals surface area contributed by atoms with Crippen molar-refractivity contribution < 1.29 is 14.4 Å². The van der Waals surface area contributed by atoms with E-state index in [1.165, 1.54) is 7.05 Å². The Morgan fingerprint density at radius 1 is 0.897 bits per heavy atom. The molecule has 29 heavy (non-hydrogen) atoms. The van der Waals surface area contributed by atoms with Crippen LogP contribution in [-0.4, -0.2) is 52.7 Å². The Morgan fingerprint density at radius 3 is 2.21 bits per heavy atom. The average Bonchev–Trinajstić information content (AvgIpc) is 3.12. The van der Waals surface area contributed by atoms with Gasteiger partial charge in [-0.2, -0.15) is 0 Å².